The summed E-state index contributed by atoms with van der Waals surface area (Å²) in [5.41, 5.74) is 4.18. The Kier molecular flexibility index (Phi) is 11.0. The standard InChI is InChI=1S/C44H52N8O8/c1-50(2)21-31(48-42(53)30-20-45-40-38(30)46-23-47-39(40)36-33(58-22-25-9-10-25)13-14-34-41(36)60-24-59-34)44(55)51-17-15-27(16-18-51)52-43(54)29-8-6-5-7-28(29)37(49-52)26-11-12-32(56-3)35(19-26)57-4/h11-14,19-20,23,25,27-29,31,45H,5-10,15-18,21-22,24H2,1-4H3,(H,48,53)/t28-,29+,31-/m0/s1. The Hall–Kier alpha value is -5.90. The number of likely N-dealkylation sites (N-methyl/N-ethyl adjacent to an activating group) is 1. The molecule has 0 spiro atoms. The lowest BCUT2D eigenvalue weighted by atomic mass is 9.73. The van der Waals surface area contributed by atoms with Crippen LogP contribution in [-0.4, -0.2) is 127 Å². The number of aromatic nitrogens is 3. The molecule has 3 atom stereocenters. The largest absolute Gasteiger partial charge is 0.493 e. The number of hydrazone groups is 1. The molecule has 1 saturated heterocycles. The number of nitrogens with zero attached hydrogens (tertiary/aromatic N) is 6. The molecule has 60 heavy (non-hydrogen) atoms. The van der Waals surface area contributed by atoms with Crippen LogP contribution in [0.3, 0.4) is 0 Å². The zero-order valence-corrected chi connectivity index (χ0v) is 34.6. The van der Waals surface area contributed by atoms with Crippen molar-refractivity contribution in [1.29, 1.82) is 0 Å². The molecule has 3 fully saturated rings. The number of hydrogen-bond donors (Lipinski definition) is 2. The molecule has 16 heteroatoms. The van der Waals surface area contributed by atoms with E-state index >= 15 is 0 Å². The van der Waals surface area contributed by atoms with Crippen LogP contribution in [0.5, 0.6) is 28.7 Å². The molecular formula is C44H52N8O8. The van der Waals surface area contributed by atoms with Crippen molar-refractivity contribution in [3.63, 3.8) is 0 Å². The summed E-state index contributed by atoms with van der Waals surface area (Å²) in [5, 5.41) is 9.80. The minimum Gasteiger partial charge on any atom is -0.493 e. The topological polar surface area (TPSA) is 173 Å². The third kappa shape index (κ3) is 7.57. The van der Waals surface area contributed by atoms with Gasteiger partial charge in [0.1, 0.15) is 29.3 Å². The lowest BCUT2D eigenvalue weighted by Crippen LogP contribution is -2.57. The summed E-state index contributed by atoms with van der Waals surface area (Å²) in [6.45, 7) is 1.79. The van der Waals surface area contributed by atoms with E-state index in [9.17, 15) is 14.4 Å². The summed E-state index contributed by atoms with van der Waals surface area (Å²) in [4.78, 5) is 58.4. The Morgan fingerprint density at radius 3 is 2.47 bits per heavy atom. The molecule has 0 radical (unpaired) electrons. The molecule has 2 saturated carbocycles. The van der Waals surface area contributed by atoms with E-state index in [-0.39, 0.29) is 48.6 Å². The van der Waals surface area contributed by atoms with Crippen molar-refractivity contribution in [1.82, 2.24) is 35.1 Å². The Bertz CT molecular complexity index is 2320. The predicted molar refractivity (Wildman–Crippen MR) is 221 cm³/mol. The van der Waals surface area contributed by atoms with Gasteiger partial charge >= 0.3 is 0 Å². The molecular weight excluding hydrogens is 769 g/mol. The van der Waals surface area contributed by atoms with Gasteiger partial charge in [0.2, 0.25) is 18.6 Å². The van der Waals surface area contributed by atoms with Crippen LogP contribution in [0.25, 0.3) is 22.3 Å². The number of rotatable bonds is 13. The van der Waals surface area contributed by atoms with E-state index in [1.54, 1.807) is 30.3 Å². The first kappa shape index (κ1) is 39.6. The molecule has 5 aliphatic rings. The van der Waals surface area contributed by atoms with Crippen molar-refractivity contribution in [2.24, 2.45) is 22.9 Å². The number of likely N-dealkylation sites (tertiary alicyclic amines) is 1. The number of fused-ring (bicyclic) bond motifs is 3. The van der Waals surface area contributed by atoms with Crippen LogP contribution in [-0.2, 0) is 9.59 Å². The van der Waals surface area contributed by atoms with Crippen molar-refractivity contribution in [2.75, 3.05) is 61.3 Å². The number of nitrogens with one attached hydrogen (secondary N) is 2. The fourth-order valence-corrected chi connectivity index (χ4v) is 9.12. The third-order valence-corrected chi connectivity index (χ3v) is 12.4. The summed E-state index contributed by atoms with van der Waals surface area (Å²) in [6.07, 6.45) is 10.2. The van der Waals surface area contributed by atoms with Crippen LogP contribution in [0.2, 0.25) is 0 Å². The van der Waals surface area contributed by atoms with Crippen LogP contribution < -0.4 is 29.0 Å². The van der Waals surface area contributed by atoms with Gasteiger partial charge in [0.15, 0.2) is 23.0 Å². The maximum atomic E-state index is 14.3. The van der Waals surface area contributed by atoms with Crippen molar-refractivity contribution >= 4 is 34.5 Å². The molecule has 2 aromatic carbocycles. The van der Waals surface area contributed by atoms with Crippen molar-refractivity contribution in [2.45, 2.75) is 63.5 Å². The summed E-state index contributed by atoms with van der Waals surface area (Å²) in [7, 11) is 6.96. The van der Waals surface area contributed by atoms with E-state index in [1.165, 1.54) is 6.33 Å². The van der Waals surface area contributed by atoms with Crippen LogP contribution >= 0.6 is 0 Å². The lowest BCUT2D eigenvalue weighted by molar-refractivity contribution is -0.143. The Balaban J connectivity index is 0.919. The average molecular weight is 821 g/mol. The predicted octanol–water partition coefficient (Wildman–Crippen LogP) is 4.86. The highest BCUT2D eigenvalue weighted by Crippen LogP contribution is 2.48. The van der Waals surface area contributed by atoms with E-state index in [2.05, 4.69) is 20.3 Å². The van der Waals surface area contributed by atoms with Gasteiger partial charge in [0.05, 0.1) is 49.2 Å². The number of amides is 3. The first-order valence-electron chi connectivity index (χ1n) is 21.0. The van der Waals surface area contributed by atoms with Gasteiger partial charge in [-0.05, 0) is 88.9 Å². The van der Waals surface area contributed by atoms with E-state index < -0.39 is 11.9 Å². The normalized spacial score (nSPS) is 20.8. The second-order valence-electron chi connectivity index (χ2n) is 16.7. The molecule has 0 unspecified atom stereocenters. The number of ether oxygens (including phenoxy) is 5. The van der Waals surface area contributed by atoms with Crippen LogP contribution in [0, 0.1) is 17.8 Å². The highest BCUT2D eigenvalue weighted by atomic mass is 16.7. The van der Waals surface area contributed by atoms with Crippen molar-refractivity contribution in [3.8, 4) is 40.0 Å². The molecule has 316 valence electrons. The molecule has 0 bridgehead atoms. The van der Waals surface area contributed by atoms with Gasteiger partial charge in [-0.1, -0.05) is 12.8 Å². The summed E-state index contributed by atoms with van der Waals surface area (Å²) in [5.74, 6) is 2.84. The number of hydrogen-bond acceptors (Lipinski definition) is 12. The maximum Gasteiger partial charge on any atom is 0.255 e. The number of H-pyrrole nitrogens is 1. The van der Waals surface area contributed by atoms with Crippen LogP contribution in [0.4, 0.5) is 0 Å². The molecule has 9 rings (SSSR count). The van der Waals surface area contributed by atoms with Gasteiger partial charge < -0.3 is 43.8 Å². The van der Waals surface area contributed by atoms with Gasteiger partial charge in [-0.15, -0.1) is 0 Å². The minimum atomic E-state index is -0.838. The molecule has 3 aliphatic heterocycles. The molecule has 5 heterocycles. The maximum absolute atomic E-state index is 14.3. The van der Waals surface area contributed by atoms with Crippen molar-refractivity contribution in [3.05, 3.63) is 54.0 Å². The van der Waals surface area contributed by atoms with Crippen LogP contribution in [0.15, 0.2) is 48.0 Å². The molecule has 4 aromatic rings. The highest BCUT2D eigenvalue weighted by Gasteiger charge is 2.44. The van der Waals surface area contributed by atoms with Gasteiger partial charge in [-0.25, -0.2) is 15.0 Å². The second-order valence-corrected chi connectivity index (χ2v) is 16.7. The number of aromatic amines is 1. The van der Waals surface area contributed by atoms with Gasteiger partial charge in [0, 0.05) is 43.2 Å². The Morgan fingerprint density at radius 1 is 0.950 bits per heavy atom. The minimum absolute atomic E-state index is 0.0407. The molecule has 16 nitrogen and oxygen atoms in total. The van der Waals surface area contributed by atoms with E-state index in [4.69, 9.17) is 28.8 Å². The van der Waals surface area contributed by atoms with E-state index in [0.29, 0.717) is 89.5 Å². The number of carbonyl (C=O) groups is 3. The number of piperidine rings is 1. The van der Waals surface area contributed by atoms with E-state index in [0.717, 1.165) is 49.8 Å². The average Bonchev–Trinajstić information content (AvgIpc) is 3.79. The first-order valence-corrected chi connectivity index (χ1v) is 21.0. The molecule has 2 N–H and O–H groups in total. The van der Waals surface area contributed by atoms with Crippen molar-refractivity contribution < 1.29 is 38.1 Å². The zero-order chi connectivity index (χ0) is 41.5. The number of methoxy groups -OCH3 is 2. The molecule has 3 amide bonds. The molecule has 2 aliphatic carbocycles. The monoisotopic (exact) mass is 820 g/mol. The number of benzene rings is 2. The summed E-state index contributed by atoms with van der Waals surface area (Å²) >= 11 is 0. The fourth-order valence-electron chi connectivity index (χ4n) is 9.12. The van der Waals surface area contributed by atoms with Gasteiger partial charge in [-0.3, -0.25) is 14.4 Å². The van der Waals surface area contributed by atoms with Gasteiger partial charge in [-0.2, -0.15) is 5.10 Å². The fraction of sp³-hybridized carbons (Fsp3) is 0.500. The van der Waals surface area contributed by atoms with Crippen LogP contribution in [0.1, 0.15) is 67.3 Å². The quantitative estimate of drug-likeness (QED) is 0.189. The highest BCUT2D eigenvalue weighted by molar-refractivity contribution is 6.09. The second kappa shape index (κ2) is 16.6. The van der Waals surface area contributed by atoms with E-state index in [1.807, 2.05) is 49.3 Å². The Morgan fingerprint density at radius 2 is 1.72 bits per heavy atom. The van der Waals surface area contributed by atoms with Gasteiger partial charge in [0.25, 0.3) is 5.91 Å². The smallest absolute Gasteiger partial charge is 0.255 e. The Labute approximate surface area is 348 Å². The zero-order valence-electron chi connectivity index (χ0n) is 34.6. The molecule has 2 aromatic heterocycles. The summed E-state index contributed by atoms with van der Waals surface area (Å²) < 4.78 is 28.9. The summed E-state index contributed by atoms with van der Waals surface area (Å²) in [6, 6.07) is 8.50. The lowest BCUT2D eigenvalue weighted by Gasteiger charge is -2.43. The number of carbonyl (C=O) groups excluding carboxylic acids is 3. The SMILES string of the molecule is COc1ccc(C2=NN(C3CCN(C(=O)[C@H](CN(C)C)NC(=O)c4c[nH]c5c(-c6c(OCC7CC7)ccc7c6OCO7)ncnc45)CC3)C(=O)[C@@H]3CCCC[C@H]23)cc1OC. The third-order valence-electron chi connectivity index (χ3n) is 12.4. The first-order chi connectivity index (χ1) is 29.2.